The van der Waals surface area contributed by atoms with Gasteiger partial charge in [0.05, 0.1) is 0 Å². The van der Waals surface area contributed by atoms with Crippen LogP contribution in [0.2, 0.25) is 0 Å². The molecule has 2 aromatic carbocycles. The SMILES string of the molecule is CC(C)(C)OC(=O)N(NC(=O)OCc1ccccc1)C(F)(F)C(=O)c1ccccc1. The molecule has 1 N–H and O–H groups in total. The Bertz CT molecular complexity index is 883. The van der Waals surface area contributed by atoms with Crippen LogP contribution < -0.4 is 5.43 Å². The quantitative estimate of drug-likeness (QED) is 0.436. The van der Waals surface area contributed by atoms with Gasteiger partial charge in [0.25, 0.3) is 5.78 Å². The monoisotopic (exact) mass is 420 g/mol. The van der Waals surface area contributed by atoms with E-state index in [1.165, 1.54) is 32.9 Å². The summed E-state index contributed by atoms with van der Waals surface area (Å²) in [5.74, 6) is -1.70. The second-order valence-electron chi connectivity index (χ2n) is 7.23. The van der Waals surface area contributed by atoms with Crippen molar-refractivity contribution in [3.8, 4) is 0 Å². The van der Waals surface area contributed by atoms with Crippen LogP contribution in [-0.2, 0) is 16.1 Å². The third-order valence-electron chi connectivity index (χ3n) is 3.58. The van der Waals surface area contributed by atoms with Gasteiger partial charge in [-0.1, -0.05) is 60.7 Å². The molecule has 0 aliphatic rings. The molecule has 0 aliphatic carbocycles. The maximum absolute atomic E-state index is 14.9. The van der Waals surface area contributed by atoms with Gasteiger partial charge in [-0.15, -0.1) is 5.01 Å². The number of hydrogen-bond acceptors (Lipinski definition) is 5. The van der Waals surface area contributed by atoms with Gasteiger partial charge in [-0.05, 0) is 26.3 Å². The van der Waals surface area contributed by atoms with E-state index in [-0.39, 0.29) is 12.2 Å². The molecule has 2 rings (SSSR count). The van der Waals surface area contributed by atoms with E-state index in [0.29, 0.717) is 5.56 Å². The van der Waals surface area contributed by atoms with Gasteiger partial charge in [0, 0.05) is 5.56 Å². The summed E-state index contributed by atoms with van der Waals surface area (Å²) >= 11 is 0. The van der Waals surface area contributed by atoms with Crippen LogP contribution >= 0.6 is 0 Å². The zero-order valence-electron chi connectivity index (χ0n) is 16.7. The van der Waals surface area contributed by atoms with Crippen LogP contribution in [0.5, 0.6) is 0 Å². The molecule has 2 amide bonds. The van der Waals surface area contributed by atoms with Gasteiger partial charge in [0.1, 0.15) is 12.2 Å². The van der Waals surface area contributed by atoms with Crippen LogP contribution in [0, 0.1) is 0 Å². The van der Waals surface area contributed by atoms with Gasteiger partial charge in [0.15, 0.2) is 0 Å². The molecule has 7 nitrogen and oxygen atoms in total. The van der Waals surface area contributed by atoms with Crippen LogP contribution in [0.1, 0.15) is 36.7 Å². The number of amides is 2. The van der Waals surface area contributed by atoms with Crippen molar-refractivity contribution in [2.24, 2.45) is 0 Å². The number of hydrazine groups is 1. The van der Waals surface area contributed by atoms with Gasteiger partial charge >= 0.3 is 18.2 Å². The van der Waals surface area contributed by atoms with Crippen molar-refractivity contribution in [2.45, 2.75) is 39.0 Å². The lowest BCUT2D eigenvalue weighted by molar-refractivity contribution is -0.125. The van der Waals surface area contributed by atoms with Crippen molar-refractivity contribution in [3.05, 3.63) is 71.8 Å². The molecule has 0 heterocycles. The van der Waals surface area contributed by atoms with E-state index >= 15 is 0 Å². The summed E-state index contributed by atoms with van der Waals surface area (Å²) in [5.41, 5.74) is 0.721. The van der Waals surface area contributed by atoms with E-state index in [4.69, 9.17) is 9.47 Å². The fraction of sp³-hybridized carbons (Fsp3) is 0.286. The van der Waals surface area contributed by atoms with Crippen LogP contribution in [0.25, 0.3) is 0 Å². The summed E-state index contributed by atoms with van der Waals surface area (Å²) in [6.45, 7) is 4.13. The Morgan fingerprint density at radius 2 is 1.47 bits per heavy atom. The predicted molar refractivity (Wildman–Crippen MR) is 104 cm³/mol. The molecule has 0 saturated heterocycles. The predicted octanol–water partition coefficient (Wildman–Crippen LogP) is 4.54. The zero-order valence-corrected chi connectivity index (χ0v) is 16.7. The number of alkyl halides is 2. The topological polar surface area (TPSA) is 84.9 Å². The van der Waals surface area contributed by atoms with Gasteiger partial charge in [-0.2, -0.15) is 8.78 Å². The molecule has 160 valence electrons. The van der Waals surface area contributed by atoms with Crippen molar-refractivity contribution >= 4 is 18.0 Å². The summed E-state index contributed by atoms with van der Waals surface area (Å²) in [6, 6.07) is 10.7. The largest absolute Gasteiger partial charge is 0.443 e. The number of hydrogen-bond donors (Lipinski definition) is 1. The highest BCUT2D eigenvalue weighted by molar-refractivity contribution is 6.02. The second-order valence-corrected chi connectivity index (χ2v) is 7.23. The van der Waals surface area contributed by atoms with Crippen LogP contribution in [0.15, 0.2) is 60.7 Å². The minimum atomic E-state index is -4.44. The fourth-order valence-electron chi connectivity index (χ4n) is 2.25. The summed E-state index contributed by atoms with van der Waals surface area (Å²) in [6.07, 6.45) is -2.97. The molecule has 2 aromatic rings. The fourth-order valence-corrected chi connectivity index (χ4v) is 2.25. The molecule has 0 aliphatic heterocycles. The highest BCUT2D eigenvalue weighted by Crippen LogP contribution is 2.26. The summed E-state index contributed by atoms with van der Waals surface area (Å²) in [5, 5.41) is -0.457. The molecule has 0 fully saturated rings. The highest BCUT2D eigenvalue weighted by Gasteiger charge is 2.51. The average molecular weight is 420 g/mol. The van der Waals surface area contributed by atoms with E-state index in [9.17, 15) is 23.2 Å². The number of nitrogens with zero attached hydrogens (tertiary/aromatic N) is 1. The first-order valence-electron chi connectivity index (χ1n) is 8.99. The van der Waals surface area contributed by atoms with Crippen molar-refractivity contribution in [3.63, 3.8) is 0 Å². The lowest BCUT2D eigenvalue weighted by atomic mass is 10.1. The number of ketones is 1. The molecule has 0 aromatic heterocycles. The Kier molecular flexibility index (Phi) is 7.10. The van der Waals surface area contributed by atoms with Gasteiger partial charge in [-0.25, -0.2) is 15.0 Å². The summed E-state index contributed by atoms with van der Waals surface area (Å²) in [7, 11) is 0. The normalized spacial score (nSPS) is 11.4. The van der Waals surface area contributed by atoms with Crippen LogP contribution in [0.4, 0.5) is 18.4 Å². The summed E-state index contributed by atoms with van der Waals surface area (Å²) < 4.78 is 39.6. The molecule has 9 heteroatoms. The Morgan fingerprint density at radius 3 is 2.00 bits per heavy atom. The molecule has 0 spiro atoms. The molecular formula is C21H22F2N2O5. The lowest BCUT2D eigenvalue weighted by Crippen LogP contribution is -2.60. The molecule has 0 radical (unpaired) electrons. The second kappa shape index (κ2) is 9.34. The van der Waals surface area contributed by atoms with Crippen molar-refractivity contribution in [2.75, 3.05) is 0 Å². The van der Waals surface area contributed by atoms with E-state index < -0.39 is 34.6 Å². The number of carbonyl (C=O) groups excluding carboxylic acids is 3. The van der Waals surface area contributed by atoms with E-state index in [2.05, 4.69) is 0 Å². The molecule has 0 saturated carbocycles. The molecule has 0 atom stereocenters. The van der Waals surface area contributed by atoms with Gasteiger partial charge < -0.3 is 9.47 Å². The zero-order chi connectivity index (χ0) is 22.4. The number of rotatable bonds is 5. The molecule has 30 heavy (non-hydrogen) atoms. The Morgan fingerprint density at radius 1 is 0.933 bits per heavy atom. The molecular weight excluding hydrogens is 398 g/mol. The molecule has 0 unspecified atom stereocenters. The van der Waals surface area contributed by atoms with Crippen LogP contribution in [-0.4, -0.2) is 34.6 Å². The first-order chi connectivity index (χ1) is 14.0. The number of carbonyl (C=O) groups is 3. The third-order valence-corrected chi connectivity index (χ3v) is 3.58. The van der Waals surface area contributed by atoms with E-state index in [1.54, 1.807) is 41.8 Å². The Balaban J connectivity index is 2.21. The highest BCUT2D eigenvalue weighted by atomic mass is 19.3. The first kappa shape index (κ1) is 22.8. The summed E-state index contributed by atoms with van der Waals surface area (Å²) in [4.78, 5) is 36.8. The number of benzene rings is 2. The standard InChI is InChI=1S/C21H22F2N2O5/c1-20(2,3)30-19(28)25(21(22,23)17(26)16-12-8-5-9-13-16)24-18(27)29-14-15-10-6-4-7-11-15/h4-13H,14H2,1-3H3,(H,24,27). The van der Waals surface area contributed by atoms with Gasteiger partial charge in [0.2, 0.25) is 0 Å². The maximum Gasteiger partial charge on any atom is 0.434 e. The van der Waals surface area contributed by atoms with E-state index in [0.717, 1.165) is 12.1 Å². The molecule has 0 bridgehead atoms. The van der Waals surface area contributed by atoms with Crippen molar-refractivity contribution in [1.29, 1.82) is 0 Å². The number of ether oxygens (including phenoxy) is 2. The number of Topliss-reactive ketones (excluding diaryl/α,β-unsaturated/α-hetero) is 1. The Hall–Kier alpha value is -3.49. The minimum absolute atomic E-state index is 0.229. The Labute approximate surface area is 172 Å². The first-order valence-corrected chi connectivity index (χ1v) is 8.99. The maximum atomic E-state index is 14.9. The van der Waals surface area contributed by atoms with Gasteiger partial charge in [-0.3, -0.25) is 4.79 Å². The third kappa shape index (κ3) is 6.26. The van der Waals surface area contributed by atoms with Crippen molar-refractivity contribution < 1.29 is 32.6 Å². The van der Waals surface area contributed by atoms with Crippen LogP contribution in [0.3, 0.4) is 0 Å². The van der Waals surface area contributed by atoms with E-state index in [1.807, 2.05) is 0 Å². The lowest BCUT2D eigenvalue weighted by Gasteiger charge is -2.31. The average Bonchev–Trinajstić information content (AvgIpc) is 2.69. The number of halogens is 2. The minimum Gasteiger partial charge on any atom is -0.443 e. The number of nitrogens with one attached hydrogen (secondary N) is 1. The smallest absolute Gasteiger partial charge is 0.434 e. The van der Waals surface area contributed by atoms with Crippen molar-refractivity contribution in [1.82, 2.24) is 10.4 Å².